The Bertz CT molecular complexity index is 655. The largest absolute Gasteiger partial charge is 0.422 e. The molecule has 0 fully saturated rings. The van der Waals surface area contributed by atoms with Crippen molar-refractivity contribution in [2.24, 2.45) is 5.10 Å². The topological polar surface area (TPSA) is 37.3 Å². The maximum absolute atomic E-state index is 13.3. The van der Waals surface area contributed by atoms with E-state index in [4.69, 9.17) is 0 Å². The van der Waals surface area contributed by atoms with Crippen LogP contribution in [0.3, 0.4) is 0 Å². The number of aromatic nitrogens is 1. The van der Waals surface area contributed by atoms with Gasteiger partial charge in [0.05, 0.1) is 11.9 Å². The first-order chi connectivity index (χ1) is 9.77. The fourth-order valence-corrected chi connectivity index (χ4v) is 2.14. The van der Waals surface area contributed by atoms with Crippen molar-refractivity contribution in [1.29, 1.82) is 0 Å². The maximum Gasteiger partial charge on any atom is 0.422 e. The van der Waals surface area contributed by atoms with Crippen molar-refractivity contribution in [2.45, 2.75) is 13.1 Å². The Hall–Kier alpha value is -2.03. The SMILES string of the molecule is Cc1csc(NN=Cc2cc(F)c(C(F)(F)F)c(F)c2)n1. The lowest BCUT2D eigenvalue weighted by atomic mass is 10.1. The van der Waals surface area contributed by atoms with Crippen molar-refractivity contribution in [3.05, 3.63) is 46.0 Å². The molecule has 0 saturated carbocycles. The van der Waals surface area contributed by atoms with Gasteiger partial charge in [-0.1, -0.05) is 0 Å². The van der Waals surface area contributed by atoms with Gasteiger partial charge in [-0.3, -0.25) is 5.43 Å². The van der Waals surface area contributed by atoms with E-state index in [0.29, 0.717) is 17.3 Å². The van der Waals surface area contributed by atoms with Crippen LogP contribution in [0.15, 0.2) is 22.6 Å². The Morgan fingerprint density at radius 3 is 2.33 bits per heavy atom. The number of nitrogens with zero attached hydrogens (tertiary/aromatic N) is 2. The molecule has 0 aliphatic carbocycles. The van der Waals surface area contributed by atoms with Crippen molar-refractivity contribution < 1.29 is 22.0 Å². The molecule has 0 aliphatic heterocycles. The summed E-state index contributed by atoms with van der Waals surface area (Å²) < 4.78 is 63.8. The van der Waals surface area contributed by atoms with Crippen molar-refractivity contribution in [3.63, 3.8) is 0 Å². The molecule has 0 spiro atoms. The van der Waals surface area contributed by atoms with Gasteiger partial charge in [-0.25, -0.2) is 13.8 Å². The standard InChI is InChI=1S/C12H8F5N3S/c1-6-5-21-11(19-6)20-18-4-7-2-8(13)10(9(14)3-7)12(15,16)17/h2-5H,1H3,(H,19,20). The van der Waals surface area contributed by atoms with Gasteiger partial charge in [-0.15, -0.1) is 11.3 Å². The molecule has 21 heavy (non-hydrogen) atoms. The monoisotopic (exact) mass is 321 g/mol. The number of nitrogens with one attached hydrogen (secondary N) is 1. The van der Waals surface area contributed by atoms with Crippen LogP contribution in [0, 0.1) is 18.6 Å². The van der Waals surface area contributed by atoms with Crippen LogP contribution in [0.25, 0.3) is 0 Å². The number of alkyl halides is 3. The van der Waals surface area contributed by atoms with Gasteiger partial charge in [-0.05, 0) is 19.1 Å². The molecule has 1 heterocycles. The lowest BCUT2D eigenvalue weighted by Gasteiger charge is -2.09. The molecule has 0 amide bonds. The number of thiazole rings is 1. The first-order valence-corrected chi connectivity index (χ1v) is 6.43. The summed E-state index contributed by atoms with van der Waals surface area (Å²) in [6.45, 7) is 1.77. The molecular weight excluding hydrogens is 313 g/mol. The number of rotatable bonds is 3. The van der Waals surface area contributed by atoms with Crippen molar-refractivity contribution in [1.82, 2.24) is 4.98 Å². The predicted octanol–water partition coefficient (Wildman–Crippen LogP) is 4.19. The second-order valence-corrected chi connectivity index (χ2v) is 4.88. The Morgan fingerprint density at radius 1 is 1.24 bits per heavy atom. The first-order valence-electron chi connectivity index (χ1n) is 5.55. The molecule has 0 unspecified atom stereocenters. The zero-order valence-corrected chi connectivity index (χ0v) is 11.3. The average molecular weight is 321 g/mol. The van der Waals surface area contributed by atoms with E-state index >= 15 is 0 Å². The Morgan fingerprint density at radius 2 is 1.86 bits per heavy atom. The van der Waals surface area contributed by atoms with Crippen molar-refractivity contribution in [2.75, 3.05) is 5.43 Å². The fraction of sp³-hybridized carbons (Fsp3) is 0.167. The summed E-state index contributed by atoms with van der Waals surface area (Å²) >= 11 is 1.26. The Kier molecular flexibility index (Phi) is 4.21. The van der Waals surface area contributed by atoms with Crippen LogP contribution in [0.1, 0.15) is 16.8 Å². The molecule has 0 aliphatic rings. The van der Waals surface area contributed by atoms with Crippen molar-refractivity contribution >= 4 is 22.7 Å². The molecule has 0 saturated heterocycles. The first kappa shape index (κ1) is 15.4. The minimum Gasteiger partial charge on any atom is -0.253 e. The van der Waals surface area contributed by atoms with Crippen LogP contribution < -0.4 is 5.43 Å². The molecule has 2 aromatic rings. The second-order valence-electron chi connectivity index (χ2n) is 4.02. The van der Waals surface area contributed by atoms with Crippen LogP contribution in [0.4, 0.5) is 27.1 Å². The summed E-state index contributed by atoms with van der Waals surface area (Å²) in [4.78, 5) is 4.02. The number of hydrogen-bond donors (Lipinski definition) is 1. The van der Waals surface area contributed by atoms with Crippen LogP contribution in [0.2, 0.25) is 0 Å². The average Bonchev–Trinajstić information content (AvgIpc) is 2.72. The highest BCUT2D eigenvalue weighted by atomic mass is 32.1. The van der Waals surface area contributed by atoms with Crippen LogP contribution in [0.5, 0.6) is 0 Å². The number of halogens is 5. The number of anilines is 1. The Balaban J connectivity index is 2.18. The van der Waals surface area contributed by atoms with E-state index in [1.54, 1.807) is 12.3 Å². The van der Waals surface area contributed by atoms with Crippen molar-refractivity contribution in [3.8, 4) is 0 Å². The van der Waals surface area contributed by atoms with Gasteiger partial charge >= 0.3 is 6.18 Å². The van der Waals surface area contributed by atoms with Gasteiger partial charge in [0.1, 0.15) is 17.2 Å². The molecule has 0 radical (unpaired) electrons. The van der Waals surface area contributed by atoms with E-state index in [-0.39, 0.29) is 5.56 Å². The molecule has 2 rings (SSSR count). The highest BCUT2D eigenvalue weighted by molar-refractivity contribution is 7.13. The van der Waals surface area contributed by atoms with Gasteiger partial charge < -0.3 is 0 Å². The number of hydrogen-bond acceptors (Lipinski definition) is 4. The highest BCUT2D eigenvalue weighted by Crippen LogP contribution is 2.33. The molecule has 1 aromatic heterocycles. The number of aryl methyl sites for hydroxylation is 1. The Labute approximate surface area is 120 Å². The van der Waals surface area contributed by atoms with Gasteiger partial charge in [0.2, 0.25) is 5.13 Å². The molecule has 9 heteroatoms. The smallest absolute Gasteiger partial charge is 0.253 e. The molecule has 1 N–H and O–H groups in total. The minimum atomic E-state index is -5.08. The lowest BCUT2D eigenvalue weighted by molar-refractivity contribution is -0.142. The predicted molar refractivity (Wildman–Crippen MR) is 69.4 cm³/mol. The van der Waals surface area contributed by atoms with Gasteiger partial charge in [0, 0.05) is 10.9 Å². The second kappa shape index (κ2) is 5.76. The van der Waals surface area contributed by atoms with Gasteiger partial charge in [-0.2, -0.15) is 18.3 Å². The third kappa shape index (κ3) is 3.75. The zero-order chi connectivity index (χ0) is 15.6. The molecule has 0 atom stereocenters. The van der Waals surface area contributed by atoms with E-state index in [1.165, 1.54) is 11.3 Å². The van der Waals surface area contributed by atoms with Gasteiger partial charge in [0.25, 0.3) is 0 Å². The highest BCUT2D eigenvalue weighted by Gasteiger charge is 2.37. The summed E-state index contributed by atoms with van der Waals surface area (Å²) in [5, 5.41) is 5.87. The summed E-state index contributed by atoms with van der Waals surface area (Å²) in [6.07, 6.45) is -4.08. The van der Waals surface area contributed by atoms with Gasteiger partial charge in [0.15, 0.2) is 0 Å². The molecular formula is C12H8F5N3S. The molecule has 112 valence electrons. The fourth-order valence-electron chi connectivity index (χ4n) is 1.51. The van der Waals surface area contributed by atoms with Crippen LogP contribution >= 0.6 is 11.3 Å². The van der Waals surface area contributed by atoms with E-state index in [2.05, 4.69) is 15.5 Å². The summed E-state index contributed by atoms with van der Waals surface area (Å²) in [5.74, 6) is -3.37. The molecule has 3 nitrogen and oxygen atoms in total. The number of benzene rings is 1. The molecule has 1 aromatic carbocycles. The minimum absolute atomic E-state index is 0.140. The maximum atomic E-state index is 13.3. The quantitative estimate of drug-likeness (QED) is 0.523. The van der Waals surface area contributed by atoms with Crippen LogP contribution in [-0.4, -0.2) is 11.2 Å². The summed E-state index contributed by atoms with van der Waals surface area (Å²) in [7, 11) is 0. The van der Waals surface area contributed by atoms with E-state index in [9.17, 15) is 22.0 Å². The number of hydrazone groups is 1. The van der Waals surface area contributed by atoms with E-state index < -0.39 is 23.4 Å². The summed E-state index contributed by atoms with van der Waals surface area (Å²) in [6, 6.07) is 1.12. The van der Waals surface area contributed by atoms with Crippen LogP contribution in [-0.2, 0) is 6.18 Å². The third-order valence-corrected chi connectivity index (χ3v) is 3.21. The zero-order valence-electron chi connectivity index (χ0n) is 10.5. The summed E-state index contributed by atoms with van der Waals surface area (Å²) in [5.41, 5.74) is 1.22. The lowest BCUT2D eigenvalue weighted by Crippen LogP contribution is -2.12. The van der Waals surface area contributed by atoms with E-state index in [0.717, 1.165) is 11.9 Å². The third-order valence-electron chi connectivity index (χ3n) is 2.34. The molecule has 0 bridgehead atoms. The van der Waals surface area contributed by atoms with E-state index in [1.807, 2.05) is 0 Å². The normalized spacial score (nSPS) is 12.1.